The Kier molecular flexibility index (Phi) is 5.66. The monoisotopic (exact) mass is 453 g/mol. The minimum absolute atomic E-state index is 0.0649. The number of carbonyl (C=O) groups excluding carboxylic acids is 2. The second-order valence-corrected chi connectivity index (χ2v) is 9.72. The molecule has 164 valence electrons. The van der Waals surface area contributed by atoms with Crippen molar-refractivity contribution >= 4 is 21.7 Å². The van der Waals surface area contributed by atoms with E-state index in [4.69, 9.17) is 0 Å². The lowest BCUT2D eigenvalue weighted by atomic mass is 9.86. The van der Waals surface area contributed by atoms with Crippen molar-refractivity contribution in [3.05, 3.63) is 101 Å². The molecule has 0 aromatic heterocycles. The number of imide groups is 1. The highest BCUT2D eigenvalue weighted by Gasteiger charge is 2.38. The van der Waals surface area contributed by atoms with Crippen LogP contribution < -0.4 is 0 Å². The Morgan fingerprint density at radius 1 is 0.875 bits per heavy atom. The number of halogens is 1. The van der Waals surface area contributed by atoms with Crippen LogP contribution in [0.15, 0.2) is 77.7 Å². The molecule has 0 spiro atoms. The van der Waals surface area contributed by atoms with E-state index in [-0.39, 0.29) is 22.6 Å². The molecule has 0 radical (unpaired) electrons. The Labute approximate surface area is 184 Å². The summed E-state index contributed by atoms with van der Waals surface area (Å²) < 4.78 is 37.6. The van der Waals surface area contributed by atoms with Crippen LogP contribution in [0.5, 0.6) is 0 Å². The van der Waals surface area contributed by atoms with Crippen molar-refractivity contribution in [3.63, 3.8) is 0 Å². The van der Waals surface area contributed by atoms with Gasteiger partial charge in [0.2, 0.25) is 0 Å². The van der Waals surface area contributed by atoms with E-state index >= 15 is 0 Å². The molecule has 0 bridgehead atoms. The third kappa shape index (κ3) is 4.06. The van der Waals surface area contributed by atoms with Gasteiger partial charge in [0, 0.05) is 12.2 Å². The van der Waals surface area contributed by atoms with Gasteiger partial charge in [-0.2, -0.15) is 0 Å². The zero-order valence-corrected chi connectivity index (χ0v) is 17.9. The van der Waals surface area contributed by atoms with Crippen molar-refractivity contribution in [2.24, 2.45) is 0 Å². The summed E-state index contributed by atoms with van der Waals surface area (Å²) >= 11 is 0. The molecule has 32 heavy (non-hydrogen) atoms. The smallest absolute Gasteiger partial charge is 0.261 e. The topological polar surface area (TPSA) is 91.8 Å². The summed E-state index contributed by atoms with van der Waals surface area (Å²) in [6.45, 7) is -0.308. The number of carbonyl (C=O) groups is 2. The molecule has 2 amide bonds. The number of nitrogens with zero attached hydrogens (tertiary/aromatic N) is 1. The van der Waals surface area contributed by atoms with Crippen molar-refractivity contribution in [2.75, 3.05) is 12.8 Å². The van der Waals surface area contributed by atoms with E-state index < -0.39 is 39.5 Å². The number of sulfone groups is 1. The zero-order valence-electron chi connectivity index (χ0n) is 17.1. The van der Waals surface area contributed by atoms with E-state index in [0.717, 1.165) is 11.2 Å². The molecule has 2 atom stereocenters. The second-order valence-electron chi connectivity index (χ2n) is 7.71. The predicted octanol–water partition coefficient (Wildman–Crippen LogP) is 3.02. The van der Waals surface area contributed by atoms with E-state index in [1.54, 1.807) is 36.4 Å². The molecule has 6 nitrogen and oxygen atoms in total. The first-order chi connectivity index (χ1) is 15.2. The molecule has 0 fully saturated rings. The van der Waals surface area contributed by atoms with Crippen LogP contribution in [0.2, 0.25) is 0 Å². The number of hydrogen-bond acceptors (Lipinski definition) is 5. The number of aliphatic hydroxyl groups is 1. The van der Waals surface area contributed by atoms with Crippen molar-refractivity contribution in [2.45, 2.75) is 16.9 Å². The van der Waals surface area contributed by atoms with Crippen LogP contribution in [-0.2, 0) is 9.84 Å². The quantitative estimate of drug-likeness (QED) is 0.580. The Balaban J connectivity index is 1.72. The van der Waals surface area contributed by atoms with Gasteiger partial charge >= 0.3 is 0 Å². The van der Waals surface area contributed by atoms with E-state index in [1.807, 2.05) is 0 Å². The SMILES string of the molecule is CS(=O)(=O)c1cccc([C@H](c2ccc(F)cc2)[C@@H](O)CN2C(=O)c3ccccc3C2=O)c1. The van der Waals surface area contributed by atoms with E-state index in [0.29, 0.717) is 11.1 Å². The van der Waals surface area contributed by atoms with Crippen LogP contribution in [0.3, 0.4) is 0 Å². The number of rotatable bonds is 6. The lowest BCUT2D eigenvalue weighted by Gasteiger charge is -2.27. The van der Waals surface area contributed by atoms with Gasteiger partial charge in [-0.3, -0.25) is 14.5 Å². The predicted molar refractivity (Wildman–Crippen MR) is 116 cm³/mol. The highest BCUT2D eigenvalue weighted by atomic mass is 32.2. The van der Waals surface area contributed by atoms with Gasteiger partial charge in [-0.05, 0) is 47.5 Å². The molecule has 0 unspecified atom stereocenters. The maximum Gasteiger partial charge on any atom is 0.261 e. The summed E-state index contributed by atoms with van der Waals surface area (Å²) in [7, 11) is -3.51. The van der Waals surface area contributed by atoms with E-state index in [2.05, 4.69) is 0 Å². The van der Waals surface area contributed by atoms with Gasteiger partial charge < -0.3 is 5.11 Å². The Hall–Kier alpha value is -3.36. The first-order valence-electron chi connectivity index (χ1n) is 9.85. The lowest BCUT2D eigenvalue weighted by molar-refractivity contribution is 0.0522. The van der Waals surface area contributed by atoms with Crippen molar-refractivity contribution in [3.8, 4) is 0 Å². The average molecular weight is 453 g/mol. The molecule has 1 heterocycles. The first-order valence-corrected chi connectivity index (χ1v) is 11.7. The number of benzene rings is 3. The second kappa shape index (κ2) is 8.29. The molecule has 3 aromatic carbocycles. The number of aliphatic hydroxyl groups excluding tert-OH is 1. The summed E-state index contributed by atoms with van der Waals surface area (Å²) in [6.07, 6.45) is -0.189. The van der Waals surface area contributed by atoms with Gasteiger partial charge in [0.1, 0.15) is 5.82 Å². The minimum atomic E-state index is -3.51. The van der Waals surface area contributed by atoms with Crippen LogP contribution in [0.25, 0.3) is 0 Å². The largest absolute Gasteiger partial charge is 0.390 e. The van der Waals surface area contributed by atoms with E-state index in [9.17, 15) is 27.5 Å². The van der Waals surface area contributed by atoms with Crippen LogP contribution in [0, 0.1) is 5.82 Å². The Bertz CT molecular complexity index is 1270. The summed E-state index contributed by atoms with van der Waals surface area (Å²) in [6, 6.07) is 17.9. The third-order valence-corrected chi connectivity index (χ3v) is 6.62. The minimum Gasteiger partial charge on any atom is -0.390 e. The van der Waals surface area contributed by atoms with Crippen LogP contribution in [0.4, 0.5) is 4.39 Å². The summed E-state index contributed by atoms with van der Waals surface area (Å²) in [5.41, 5.74) is 1.51. The maximum atomic E-state index is 13.5. The molecule has 1 aliphatic rings. The fourth-order valence-electron chi connectivity index (χ4n) is 3.94. The van der Waals surface area contributed by atoms with Gasteiger partial charge in [-0.25, -0.2) is 12.8 Å². The molecule has 1 aliphatic heterocycles. The standard InChI is InChI=1S/C24H20FNO5S/c1-32(30,31)18-6-4-5-16(13-18)22(15-9-11-17(25)12-10-15)21(27)14-26-23(28)19-7-2-3-8-20(19)24(26)29/h2-13,21-22,27H,14H2,1H3/t21-,22-/m0/s1. The van der Waals surface area contributed by atoms with Crippen LogP contribution in [-0.4, -0.2) is 49.1 Å². The molecule has 4 rings (SSSR count). The van der Waals surface area contributed by atoms with Crippen LogP contribution in [0.1, 0.15) is 37.8 Å². The van der Waals surface area contributed by atoms with Crippen molar-refractivity contribution < 1.29 is 27.5 Å². The fraction of sp³-hybridized carbons (Fsp3) is 0.167. The molecule has 1 N–H and O–H groups in total. The molecule has 3 aromatic rings. The molecular weight excluding hydrogens is 433 g/mol. The first kappa shape index (κ1) is 21.9. The molecule has 0 saturated heterocycles. The summed E-state index contributed by atoms with van der Waals surface area (Å²) in [4.78, 5) is 26.5. The van der Waals surface area contributed by atoms with Gasteiger partial charge in [-0.15, -0.1) is 0 Å². The number of β-amino-alcohol motifs (C(OH)–C–C–N with tert-alkyl or cyclic N) is 1. The van der Waals surface area contributed by atoms with Crippen LogP contribution >= 0.6 is 0 Å². The highest BCUT2D eigenvalue weighted by molar-refractivity contribution is 7.90. The number of fused-ring (bicyclic) bond motifs is 1. The normalized spacial score (nSPS) is 15.5. The summed E-state index contributed by atoms with van der Waals surface area (Å²) in [5, 5.41) is 11.2. The summed E-state index contributed by atoms with van der Waals surface area (Å²) in [5.74, 6) is -2.28. The van der Waals surface area contributed by atoms with Gasteiger partial charge in [-0.1, -0.05) is 36.4 Å². The fourth-order valence-corrected chi connectivity index (χ4v) is 4.62. The van der Waals surface area contributed by atoms with Gasteiger partial charge in [0.25, 0.3) is 11.8 Å². The number of amides is 2. The van der Waals surface area contributed by atoms with Crippen molar-refractivity contribution in [1.82, 2.24) is 4.90 Å². The third-order valence-electron chi connectivity index (χ3n) is 5.51. The van der Waals surface area contributed by atoms with E-state index in [1.165, 1.54) is 36.4 Å². The molecule has 0 saturated carbocycles. The van der Waals surface area contributed by atoms with Gasteiger partial charge in [0.05, 0.1) is 28.7 Å². The maximum absolute atomic E-state index is 13.5. The molecule has 0 aliphatic carbocycles. The number of hydrogen-bond donors (Lipinski definition) is 1. The Morgan fingerprint density at radius 2 is 1.47 bits per heavy atom. The highest BCUT2D eigenvalue weighted by Crippen LogP contribution is 2.32. The molecular formula is C24H20FNO5S. The average Bonchev–Trinajstić information content (AvgIpc) is 3.00. The zero-order chi connectivity index (χ0) is 23.0. The Morgan fingerprint density at radius 3 is 2.03 bits per heavy atom. The van der Waals surface area contributed by atoms with Gasteiger partial charge in [0.15, 0.2) is 9.84 Å². The lowest BCUT2D eigenvalue weighted by Crippen LogP contribution is -2.39. The molecule has 8 heteroatoms. The van der Waals surface area contributed by atoms with Crippen molar-refractivity contribution in [1.29, 1.82) is 0 Å².